The van der Waals surface area contributed by atoms with E-state index in [4.69, 9.17) is 5.73 Å². The minimum absolute atomic E-state index is 0.190. The van der Waals surface area contributed by atoms with E-state index in [0.717, 1.165) is 21.5 Å². The molecule has 0 spiro atoms. The Labute approximate surface area is 121 Å². The van der Waals surface area contributed by atoms with Gasteiger partial charge in [-0.1, -0.05) is 26.8 Å². The lowest BCUT2D eigenvalue weighted by Crippen LogP contribution is -2.11. The molecule has 2 aromatic rings. The third-order valence-electron chi connectivity index (χ3n) is 2.49. The summed E-state index contributed by atoms with van der Waals surface area (Å²) in [5, 5.41) is 4.59. The zero-order chi connectivity index (χ0) is 13.3. The SMILES string of the molecule is CC(C)(C)Cc1nn(-c2ccccn2)c(N)c1I. The predicted molar refractivity (Wildman–Crippen MR) is 81.6 cm³/mol. The lowest BCUT2D eigenvalue weighted by molar-refractivity contribution is 0.404. The molecule has 2 rings (SSSR count). The Balaban J connectivity index is 2.43. The lowest BCUT2D eigenvalue weighted by atomic mass is 9.91. The van der Waals surface area contributed by atoms with E-state index < -0.39 is 0 Å². The Bertz CT molecular complexity index is 540. The first kappa shape index (κ1) is 13.3. The Kier molecular flexibility index (Phi) is 3.61. The molecule has 2 N–H and O–H groups in total. The van der Waals surface area contributed by atoms with Crippen LogP contribution in [0, 0.1) is 8.99 Å². The predicted octanol–water partition coefficient (Wildman–Crippen LogP) is 3.04. The van der Waals surface area contributed by atoms with Gasteiger partial charge in [0.2, 0.25) is 0 Å². The van der Waals surface area contributed by atoms with Crippen molar-refractivity contribution >= 4 is 28.4 Å². The molecule has 96 valence electrons. The van der Waals surface area contributed by atoms with Crippen molar-refractivity contribution in [1.29, 1.82) is 0 Å². The van der Waals surface area contributed by atoms with Crippen LogP contribution in [-0.2, 0) is 6.42 Å². The van der Waals surface area contributed by atoms with Crippen molar-refractivity contribution in [2.45, 2.75) is 27.2 Å². The van der Waals surface area contributed by atoms with Crippen LogP contribution in [0.1, 0.15) is 26.5 Å². The van der Waals surface area contributed by atoms with Gasteiger partial charge in [0, 0.05) is 6.20 Å². The summed E-state index contributed by atoms with van der Waals surface area (Å²) in [4.78, 5) is 4.28. The van der Waals surface area contributed by atoms with Crippen molar-refractivity contribution in [3.05, 3.63) is 33.7 Å². The molecule has 0 aliphatic rings. The largest absolute Gasteiger partial charge is 0.383 e. The number of anilines is 1. The summed E-state index contributed by atoms with van der Waals surface area (Å²) in [5.41, 5.74) is 7.33. The quantitative estimate of drug-likeness (QED) is 0.842. The van der Waals surface area contributed by atoms with Crippen molar-refractivity contribution in [1.82, 2.24) is 14.8 Å². The molecule has 0 saturated heterocycles. The molecule has 0 atom stereocenters. The van der Waals surface area contributed by atoms with Crippen LogP contribution in [0.2, 0.25) is 0 Å². The van der Waals surface area contributed by atoms with Crippen LogP contribution in [-0.4, -0.2) is 14.8 Å². The van der Waals surface area contributed by atoms with Gasteiger partial charge in [-0.05, 0) is 46.6 Å². The van der Waals surface area contributed by atoms with Gasteiger partial charge in [0.25, 0.3) is 0 Å². The van der Waals surface area contributed by atoms with Gasteiger partial charge in [-0.2, -0.15) is 9.78 Å². The minimum atomic E-state index is 0.190. The first-order valence-corrected chi connectivity index (χ1v) is 6.90. The number of nitrogen functional groups attached to an aromatic ring is 1. The number of rotatable bonds is 2. The summed E-state index contributed by atoms with van der Waals surface area (Å²) < 4.78 is 2.73. The molecule has 0 amide bonds. The Hall–Kier alpha value is -1.11. The van der Waals surface area contributed by atoms with Crippen molar-refractivity contribution in [2.24, 2.45) is 5.41 Å². The van der Waals surface area contributed by atoms with Crippen molar-refractivity contribution in [2.75, 3.05) is 5.73 Å². The number of hydrogen-bond donors (Lipinski definition) is 1. The first-order valence-electron chi connectivity index (χ1n) is 5.83. The van der Waals surface area contributed by atoms with E-state index in [1.807, 2.05) is 18.2 Å². The topological polar surface area (TPSA) is 56.7 Å². The molecule has 0 unspecified atom stereocenters. The van der Waals surface area contributed by atoms with Crippen molar-refractivity contribution in [3.63, 3.8) is 0 Å². The van der Waals surface area contributed by atoms with Crippen LogP contribution in [0.4, 0.5) is 5.82 Å². The maximum Gasteiger partial charge on any atom is 0.155 e. The van der Waals surface area contributed by atoms with E-state index >= 15 is 0 Å². The summed E-state index contributed by atoms with van der Waals surface area (Å²) >= 11 is 2.26. The first-order chi connectivity index (χ1) is 8.38. The van der Waals surface area contributed by atoms with Gasteiger partial charge in [-0.3, -0.25) is 0 Å². The van der Waals surface area contributed by atoms with Gasteiger partial charge in [0.1, 0.15) is 5.82 Å². The van der Waals surface area contributed by atoms with Gasteiger partial charge in [0.15, 0.2) is 5.82 Å². The zero-order valence-corrected chi connectivity index (χ0v) is 13.0. The van der Waals surface area contributed by atoms with Crippen LogP contribution >= 0.6 is 22.6 Å². The molecule has 4 nitrogen and oxygen atoms in total. The molecule has 0 aliphatic carbocycles. The van der Waals surface area contributed by atoms with E-state index in [-0.39, 0.29) is 5.41 Å². The highest BCUT2D eigenvalue weighted by Gasteiger charge is 2.20. The van der Waals surface area contributed by atoms with E-state index in [0.29, 0.717) is 5.82 Å². The highest BCUT2D eigenvalue weighted by atomic mass is 127. The maximum atomic E-state index is 6.11. The van der Waals surface area contributed by atoms with Gasteiger partial charge in [0.05, 0.1) is 9.26 Å². The highest BCUT2D eigenvalue weighted by Crippen LogP contribution is 2.27. The second-order valence-electron chi connectivity index (χ2n) is 5.48. The molecule has 18 heavy (non-hydrogen) atoms. The fourth-order valence-electron chi connectivity index (χ4n) is 1.73. The van der Waals surface area contributed by atoms with Crippen molar-refractivity contribution in [3.8, 4) is 5.82 Å². The molecule has 2 aromatic heterocycles. The number of hydrogen-bond acceptors (Lipinski definition) is 3. The molecule has 5 heteroatoms. The second kappa shape index (κ2) is 4.87. The normalized spacial score (nSPS) is 11.8. The molecule has 0 radical (unpaired) electrons. The lowest BCUT2D eigenvalue weighted by Gasteiger charge is -2.16. The van der Waals surface area contributed by atoms with Crippen LogP contribution in [0.3, 0.4) is 0 Å². The smallest absolute Gasteiger partial charge is 0.155 e. The molecule has 0 aliphatic heterocycles. The third-order valence-corrected chi connectivity index (χ3v) is 3.67. The summed E-state index contributed by atoms with van der Waals surface area (Å²) in [5.74, 6) is 1.42. The average molecular weight is 356 g/mol. The van der Waals surface area contributed by atoms with Crippen molar-refractivity contribution < 1.29 is 0 Å². The fraction of sp³-hybridized carbons (Fsp3) is 0.385. The minimum Gasteiger partial charge on any atom is -0.383 e. The van der Waals surface area contributed by atoms with Crippen LogP contribution in [0.25, 0.3) is 5.82 Å². The van der Waals surface area contributed by atoms with Crippen LogP contribution < -0.4 is 5.73 Å². The summed E-state index contributed by atoms with van der Waals surface area (Å²) in [7, 11) is 0. The summed E-state index contributed by atoms with van der Waals surface area (Å²) in [6.07, 6.45) is 2.64. The fourth-order valence-corrected chi connectivity index (χ4v) is 2.26. The molecule has 0 aromatic carbocycles. The molecule has 0 bridgehead atoms. The Morgan fingerprint density at radius 2 is 2.06 bits per heavy atom. The molecular formula is C13H17IN4. The van der Waals surface area contributed by atoms with Crippen LogP contribution in [0.15, 0.2) is 24.4 Å². The number of nitrogens with two attached hydrogens (primary N) is 1. The number of aromatic nitrogens is 3. The Morgan fingerprint density at radius 1 is 1.33 bits per heavy atom. The number of nitrogens with zero attached hydrogens (tertiary/aromatic N) is 3. The monoisotopic (exact) mass is 356 g/mol. The molecular weight excluding hydrogens is 339 g/mol. The molecule has 0 fully saturated rings. The molecule has 2 heterocycles. The van der Waals surface area contributed by atoms with E-state index in [9.17, 15) is 0 Å². The van der Waals surface area contributed by atoms with E-state index in [1.165, 1.54) is 0 Å². The van der Waals surface area contributed by atoms with Gasteiger partial charge in [-0.15, -0.1) is 0 Å². The van der Waals surface area contributed by atoms with Gasteiger partial charge in [-0.25, -0.2) is 4.98 Å². The summed E-state index contributed by atoms with van der Waals surface area (Å²) in [6, 6.07) is 5.71. The third kappa shape index (κ3) is 2.82. The Morgan fingerprint density at radius 3 is 2.61 bits per heavy atom. The van der Waals surface area contributed by atoms with E-state index in [2.05, 4.69) is 53.4 Å². The summed E-state index contributed by atoms with van der Waals surface area (Å²) in [6.45, 7) is 6.58. The average Bonchev–Trinajstić information content (AvgIpc) is 2.57. The number of pyridine rings is 1. The number of halogens is 1. The maximum absolute atomic E-state index is 6.11. The second-order valence-corrected chi connectivity index (χ2v) is 6.56. The van der Waals surface area contributed by atoms with Gasteiger partial charge < -0.3 is 5.73 Å². The van der Waals surface area contributed by atoms with Gasteiger partial charge >= 0.3 is 0 Å². The highest BCUT2D eigenvalue weighted by molar-refractivity contribution is 14.1. The van der Waals surface area contributed by atoms with Crippen LogP contribution in [0.5, 0.6) is 0 Å². The van der Waals surface area contributed by atoms with E-state index in [1.54, 1.807) is 10.9 Å². The molecule has 0 saturated carbocycles. The standard InChI is InChI=1S/C13H17IN4/c1-13(2,3)8-9-11(14)12(15)18(17-9)10-6-4-5-7-16-10/h4-7H,8,15H2,1-3H3. The zero-order valence-electron chi connectivity index (χ0n) is 10.8.